The van der Waals surface area contributed by atoms with Gasteiger partial charge in [0.15, 0.2) is 5.03 Å². The summed E-state index contributed by atoms with van der Waals surface area (Å²) in [7, 11) is -2.00. The summed E-state index contributed by atoms with van der Waals surface area (Å²) < 4.78 is 28.1. The number of rotatable bonds is 6. The van der Waals surface area contributed by atoms with Crippen LogP contribution in [0.1, 0.15) is 36.7 Å². The van der Waals surface area contributed by atoms with Crippen LogP contribution in [0, 0.1) is 0 Å². The minimum Gasteiger partial charge on any atom is -0.334 e. The number of hydrogen-bond acceptors (Lipinski definition) is 5. The molecule has 0 amide bonds. The van der Waals surface area contributed by atoms with E-state index in [0.717, 1.165) is 16.3 Å². The van der Waals surface area contributed by atoms with Crippen LogP contribution in [-0.4, -0.2) is 34.3 Å². The van der Waals surface area contributed by atoms with E-state index < -0.39 is 10.0 Å². The molecule has 0 fully saturated rings. The van der Waals surface area contributed by atoms with E-state index in [2.05, 4.69) is 9.97 Å². The maximum Gasteiger partial charge on any atom is 0.262 e. The standard InChI is InChI=1S/C13H20N4O2S2/c1-5-12-14-6-11(20-12)7-16(4)21(18,19)13-8-17(9-15-13)10(2)3/h6,8-10H,5,7H2,1-4H3. The van der Waals surface area contributed by atoms with Gasteiger partial charge in [-0.05, 0) is 20.3 Å². The number of thiazole rings is 1. The van der Waals surface area contributed by atoms with Gasteiger partial charge in [0.05, 0.1) is 11.3 Å². The Balaban J connectivity index is 2.17. The number of nitrogens with zero attached hydrogens (tertiary/aromatic N) is 4. The second kappa shape index (κ2) is 6.25. The van der Waals surface area contributed by atoms with Gasteiger partial charge in [0.1, 0.15) is 0 Å². The predicted octanol–water partition coefficient (Wildman–Crippen LogP) is 2.30. The minimum atomic E-state index is -3.57. The fourth-order valence-electron chi connectivity index (χ4n) is 1.78. The van der Waals surface area contributed by atoms with Crippen molar-refractivity contribution in [3.8, 4) is 0 Å². The monoisotopic (exact) mass is 328 g/mol. The number of hydrogen-bond donors (Lipinski definition) is 0. The minimum absolute atomic E-state index is 0.0823. The molecule has 0 aliphatic carbocycles. The van der Waals surface area contributed by atoms with Crippen molar-refractivity contribution in [3.05, 3.63) is 28.6 Å². The molecule has 0 aliphatic rings. The second-order valence-electron chi connectivity index (χ2n) is 5.09. The van der Waals surface area contributed by atoms with Crippen molar-refractivity contribution < 1.29 is 8.42 Å². The largest absolute Gasteiger partial charge is 0.334 e. The van der Waals surface area contributed by atoms with E-state index in [1.807, 2.05) is 20.8 Å². The summed E-state index contributed by atoms with van der Waals surface area (Å²) in [6.45, 7) is 6.30. The lowest BCUT2D eigenvalue weighted by molar-refractivity contribution is 0.466. The molecule has 0 unspecified atom stereocenters. The van der Waals surface area contributed by atoms with E-state index >= 15 is 0 Å². The first-order valence-corrected chi connectivity index (χ1v) is 9.03. The molecular formula is C13H20N4O2S2. The van der Waals surface area contributed by atoms with E-state index in [-0.39, 0.29) is 11.1 Å². The van der Waals surface area contributed by atoms with E-state index in [1.54, 1.807) is 30.3 Å². The Morgan fingerprint density at radius 1 is 1.38 bits per heavy atom. The van der Waals surface area contributed by atoms with Crippen LogP contribution in [0.4, 0.5) is 0 Å². The number of sulfonamides is 1. The molecule has 0 N–H and O–H groups in total. The Bertz CT molecular complexity index is 703. The summed E-state index contributed by atoms with van der Waals surface area (Å²) in [5.41, 5.74) is 0. The summed E-state index contributed by atoms with van der Waals surface area (Å²) in [6.07, 6.45) is 5.72. The molecule has 116 valence electrons. The summed E-state index contributed by atoms with van der Waals surface area (Å²) in [5, 5.41) is 1.10. The maximum atomic E-state index is 12.5. The molecule has 0 aromatic carbocycles. The van der Waals surface area contributed by atoms with Crippen LogP contribution in [-0.2, 0) is 23.0 Å². The normalized spacial score (nSPS) is 12.5. The smallest absolute Gasteiger partial charge is 0.262 e. The maximum absolute atomic E-state index is 12.5. The highest BCUT2D eigenvalue weighted by molar-refractivity contribution is 7.89. The quantitative estimate of drug-likeness (QED) is 0.816. The molecule has 2 aromatic rings. The van der Waals surface area contributed by atoms with Crippen molar-refractivity contribution in [2.45, 2.75) is 44.8 Å². The van der Waals surface area contributed by atoms with Crippen molar-refractivity contribution in [3.63, 3.8) is 0 Å². The van der Waals surface area contributed by atoms with E-state index in [4.69, 9.17) is 0 Å². The van der Waals surface area contributed by atoms with Crippen LogP contribution in [0.3, 0.4) is 0 Å². The average Bonchev–Trinajstić information content (AvgIpc) is 3.07. The molecule has 8 heteroatoms. The molecule has 0 aliphatic heterocycles. The number of aromatic nitrogens is 3. The zero-order valence-corrected chi connectivity index (χ0v) is 14.3. The van der Waals surface area contributed by atoms with Crippen LogP contribution < -0.4 is 0 Å². The zero-order chi connectivity index (χ0) is 15.6. The molecule has 0 atom stereocenters. The third-order valence-electron chi connectivity index (χ3n) is 3.13. The third kappa shape index (κ3) is 3.50. The lowest BCUT2D eigenvalue weighted by atomic mass is 10.4. The van der Waals surface area contributed by atoms with E-state index in [1.165, 1.54) is 15.6 Å². The molecule has 2 heterocycles. The fourth-order valence-corrected chi connectivity index (χ4v) is 3.84. The zero-order valence-electron chi connectivity index (χ0n) is 12.6. The van der Waals surface area contributed by atoms with Crippen molar-refractivity contribution >= 4 is 21.4 Å². The third-order valence-corrected chi connectivity index (χ3v) is 5.95. The van der Waals surface area contributed by atoms with Gasteiger partial charge in [0.25, 0.3) is 10.0 Å². The summed E-state index contributed by atoms with van der Waals surface area (Å²) in [4.78, 5) is 9.19. The van der Waals surface area contributed by atoms with Gasteiger partial charge in [0.2, 0.25) is 0 Å². The topological polar surface area (TPSA) is 68.1 Å². The van der Waals surface area contributed by atoms with Gasteiger partial charge < -0.3 is 4.57 Å². The lowest BCUT2D eigenvalue weighted by Crippen LogP contribution is -2.26. The van der Waals surface area contributed by atoms with Crippen molar-refractivity contribution in [1.82, 2.24) is 18.8 Å². The molecule has 6 nitrogen and oxygen atoms in total. The second-order valence-corrected chi connectivity index (χ2v) is 8.28. The Labute approximate surface area is 129 Å². The van der Waals surface area contributed by atoms with Gasteiger partial charge in [-0.3, -0.25) is 0 Å². The van der Waals surface area contributed by atoms with Gasteiger partial charge in [0, 0.05) is 36.9 Å². The predicted molar refractivity (Wildman–Crippen MR) is 82.8 cm³/mol. The first kappa shape index (κ1) is 16.1. The van der Waals surface area contributed by atoms with Crippen LogP contribution in [0.15, 0.2) is 23.7 Å². The molecule has 0 radical (unpaired) electrons. The Morgan fingerprint density at radius 3 is 2.62 bits per heavy atom. The molecule has 0 spiro atoms. The highest BCUT2D eigenvalue weighted by Crippen LogP contribution is 2.20. The molecule has 21 heavy (non-hydrogen) atoms. The first-order chi connectivity index (χ1) is 9.84. The molecule has 0 saturated carbocycles. The van der Waals surface area contributed by atoms with Gasteiger partial charge in [-0.15, -0.1) is 11.3 Å². The number of aryl methyl sites for hydroxylation is 1. The molecule has 2 aromatic heterocycles. The van der Waals surface area contributed by atoms with Crippen LogP contribution in [0.25, 0.3) is 0 Å². The fraction of sp³-hybridized carbons (Fsp3) is 0.538. The van der Waals surface area contributed by atoms with Gasteiger partial charge >= 0.3 is 0 Å². The van der Waals surface area contributed by atoms with Gasteiger partial charge in [-0.25, -0.2) is 18.4 Å². The van der Waals surface area contributed by atoms with Crippen molar-refractivity contribution in [2.24, 2.45) is 0 Å². The van der Waals surface area contributed by atoms with Crippen LogP contribution in [0.2, 0.25) is 0 Å². The summed E-state index contributed by atoms with van der Waals surface area (Å²) in [5.74, 6) is 0. The van der Waals surface area contributed by atoms with Crippen LogP contribution in [0.5, 0.6) is 0 Å². The Morgan fingerprint density at radius 2 is 2.10 bits per heavy atom. The highest BCUT2D eigenvalue weighted by atomic mass is 32.2. The molecule has 0 saturated heterocycles. The number of imidazole rings is 1. The van der Waals surface area contributed by atoms with Crippen molar-refractivity contribution in [1.29, 1.82) is 0 Å². The van der Waals surface area contributed by atoms with Crippen LogP contribution >= 0.6 is 11.3 Å². The first-order valence-electron chi connectivity index (χ1n) is 6.78. The molecule has 0 bridgehead atoms. The molecular weight excluding hydrogens is 308 g/mol. The molecule has 2 rings (SSSR count). The highest BCUT2D eigenvalue weighted by Gasteiger charge is 2.24. The summed E-state index contributed by atoms with van der Waals surface area (Å²) >= 11 is 1.54. The Kier molecular flexibility index (Phi) is 4.80. The van der Waals surface area contributed by atoms with E-state index in [9.17, 15) is 8.42 Å². The van der Waals surface area contributed by atoms with Gasteiger partial charge in [-0.1, -0.05) is 6.92 Å². The lowest BCUT2D eigenvalue weighted by Gasteiger charge is -2.14. The van der Waals surface area contributed by atoms with E-state index in [0.29, 0.717) is 6.54 Å². The SMILES string of the molecule is CCc1ncc(CN(C)S(=O)(=O)c2cn(C(C)C)cn2)s1. The average molecular weight is 328 g/mol. The van der Waals surface area contributed by atoms with Gasteiger partial charge in [-0.2, -0.15) is 4.31 Å². The van der Waals surface area contributed by atoms with Crippen molar-refractivity contribution in [2.75, 3.05) is 7.05 Å². The Hall–Kier alpha value is -1.25. The summed E-state index contributed by atoms with van der Waals surface area (Å²) in [6, 6.07) is 0.181.